The van der Waals surface area contributed by atoms with Crippen molar-refractivity contribution in [2.45, 2.75) is 45.3 Å². The SMILES string of the molecule is Cc1ccc(CC(COCC(C)O)NC(=O)CCc2ccccc2)cc1. The van der Waals surface area contributed by atoms with Crippen molar-refractivity contribution in [3.63, 3.8) is 0 Å². The predicted molar refractivity (Wildman–Crippen MR) is 104 cm³/mol. The van der Waals surface area contributed by atoms with E-state index in [4.69, 9.17) is 4.74 Å². The van der Waals surface area contributed by atoms with E-state index < -0.39 is 6.10 Å². The van der Waals surface area contributed by atoms with Crippen molar-refractivity contribution in [2.75, 3.05) is 13.2 Å². The standard InChI is InChI=1S/C22H29NO3/c1-17-8-10-20(11-9-17)14-21(16-26-15-18(2)24)23-22(25)13-12-19-6-4-3-5-7-19/h3-11,18,21,24H,12-16H2,1-2H3,(H,23,25). The first-order valence-corrected chi connectivity index (χ1v) is 9.17. The molecule has 2 N–H and O–H groups in total. The molecule has 2 aromatic carbocycles. The third-order valence-corrected chi connectivity index (χ3v) is 4.13. The van der Waals surface area contributed by atoms with Gasteiger partial charge in [-0.3, -0.25) is 4.79 Å². The van der Waals surface area contributed by atoms with E-state index in [2.05, 4.69) is 36.5 Å². The number of hydrogen-bond donors (Lipinski definition) is 2. The first-order chi connectivity index (χ1) is 12.5. The lowest BCUT2D eigenvalue weighted by Crippen LogP contribution is -2.40. The second-order valence-electron chi connectivity index (χ2n) is 6.83. The summed E-state index contributed by atoms with van der Waals surface area (Å²) >= 11 is 0. The van der Waals surface area contributed by atoms with E-state index in [-0.39, 0.29) is 18.6 Å². The monoisotopic (exact) mass is 355 g/mol. The van der Waals surface area contributed by atoms with Crippen molar-refractivity contribution < 1.29 is 14.6 Å². The molecule has 0 aromatic heterocycles. The fourth-order valence-electron chi connectivity index (χ4n) is 2.74. The highest BCUT2D eigenvalue weighted by atomic mass is 16.5. The summed E-state index contributed by atoms with van der Waals surface area (Å²) in [4.78, 5) is 12.4. The molecular formula is C22H29NO3. The molecule has 1 amide bonds. The van der Waals surface area contributed by atoms with Crippen LogP contribution in [0.25, 0.3) is 0 Å². The Morgan fingerprint density at radius 1 is 1.04 bits per heavy atom. The molecule has 2 rings (SSSR count). The van der Waals surface area contributed by atoms with Crippen LogP contribution in [0.3, 0.4) is 0 Å². The van der Waals surface area contributed by atoms with Gasteiger partial charge in [0.25, 0.3) is 0 Å². The third kappa shape index (κ3) is 7.81. The molecule has 0 heterocycles. The molecule has 0 radical (unpaired) electrons. The zero-order valence-electron chi connectivity index (χ0n) is 15.7. The lowest BCUT2D eigenvalue weighted by Gasteiger charge is -2.20. The molecule has 4 heteroatoms. The number of rotatable bonds is 10. The zero-order valence-corrected chi connectivity index (χ0v) is 15.7. The van der Waals surface area contributed by atoms with Crippen LogP contribution in [0, 0.1) is 6.92 Å². The Kier molecular flexibility index (Phi) is 8.32. The molecule has 2 aromatic rings. The van der Waals surface area contributed by atoms with Crippen molar-refractivity contribution >= 4 is 5.91 Å². The molecular weight excluding hydrogens is 326 g/mol. The highest BCUT2D eigenvalue weighted by Crippen LogP contribution is 2.08. The lowest BCUT2D eigenvalue weighted by molar-refractivity contribution is -0.122. The Bertz CT molecular complexity index is 653. The maximum absolute atomic E-state index is 12.4. The van der Waals surface area contributed by atoms with E-state index >= 15 is 0 Å². The molecule has 4 nitrogen and oxygen atoms in total. The Hall–Kier alpha value is -2.17. The molecule has 0 aliphatic rings. The van der Waals surface area contributed by atoms with Crippen LogP contribution in [-0.2, 0) is 22.4 Å². The number of amides is 1. The predicted octanol–water partition coefficient (Wildman–Crippen LogP) is 3.05. The molecule has 2 unspecified atom stereocenters. The summed E-state index contributed by atoms with van der Waals surface area (Å²) in [6, 6.07) is 18.2. The summed E-state index contributed by atoms with van der Waals surface area (Å²) in [5, 5.41) is 12.4. The molecule has 26 heavy (non-hydrogen) atoms. The number of benzene rings is 2. The van der Waals surface area contributed by atoms with Crippen LogP contribution in [0.5, 0.6) is 0 Å². The summed E-state index contributed by atoms with van der Waals surface area (Å²) in [7, 11) is 0. The van der Waals surface area contributed by atoms with Crippen LogP contribution in [0.2, 0.25) is 0 Å². The van der Waals surface area contributed by atoms with Gasteiger partial charge in [0, 0.05) is 6.42 Å². The minimum Gasteiger partial charge on any atom is -0.391 e. The third-order valence-electron chi connectivity index (χ3n) is 4.13. The molecule has 0 spiro atoms. The first kappa shape index (κ1) is 20.1. The van der Waals surface area contributed by atoms with Crippen LogP contribution in [0.1, 0.15) is 30.0 Å². The highest BCUT2D eigenvalue weighted by Gasteiger charge is 2.14. The molecule has 0 fully saturated rings. The van der Waals surface area contributed by atoms with Crippen LogP contribution in [-0.4, -0.2) is 36.4 Å². The van der Waals surface area contributed by atoms with Gasteiger partial charge in [-0.1, -0.05) is 60.2 Å². The Morgan fingerprint density at radius 3 is 2.38 bits per heavy atom. The average molecular weight is 355 g/mol. The zero-order chi connectivity index (χ0) is 18.8. The van der Waals surface area contributed by atoms with Crippen LogP contribution in [0.15, 0.2) is 54.6 Å². The van der Waals surface area contributed by atoms with Gasteiger partial charge in [-0.25, -0.2) is 0 Å². The van der Waals surface area contributed by atoms with Gasteiger partial charge < -0.3 is 15.2 Å². The fraction of sp³-hybridized carbons (Fsp3) is 0.409. The minimum atomic E-state index is -0.510. The van der Waals surface area contributed by atoms with E-state index in [1.54, 1.807) is 6.92 Å². The number of nitrogens with one attached hydrogen (secondary N) is 1. The number of carbonyl (C=O) groups excluding carboxylic acids is 1. The summed E-state index contributed by atoms with van der Waals surface area (Å²) in [5.41, 5.74) is 3.52. The highest BCUT2D eigenvalue weighted by molar-refractivity contribution is 5.76. The lowest BCUT2D eigenvalue weighted by atomic mass is 10.0. The van der Waals surface area contributed by atoms with E-state index in [1.165, 1.54) is 5.56 Å². The Labute approximate surface area is 156 Å². The van der Waals surface area contributed by atoms with E-state index in [1.807, 2.05) is 30.3 Å². The largest absolute Gasteiger partial charge is 0.391 e. The van der Waals surface area contributed by atoms with E-state index in [9.17, 15) is 9.90 Å². The van der Waals surface area contributed by atoms with Crippen molar-refractivity contribution in [1.82, 2.24) is 5.32 Å². The molecule has 140 valence electrons. The fourth-order valence-corrected chi connectivity index (χ4v) is 2.74. The van der Waals surface area contributed by atoms with E-state index in [0.29, 0.717) is 19.4 Å². The second kappa shape index (κ2) is 10.7. The van der Waals surface area contributed by atoms with Gasteiger partial charge in [-0.15, -0.1) is 0 Å². The van der Waals surface area contributed by atoms with Crippen molar-refractivity contribution in [1.29, 1.82) is 0 Å². The molecule has 0 saturated heterocycles. The second-order valence-corrected chi connectivity index (χ2v) is 6.83. The number of hydrogen-bond acceptors (Lipinski definition) is 3. The first-order valence-electron chi connectivity index (χ1n) is 9.17. The van der Waals surface area contributed by atoms with Gasteiger partial charge in [0.2, 0.25) is 5.91 Å². The smallest absolute Gasteiger partial charge is 0.220 e. The van der Waals surface area contributed by atoms with Crippen molar-refractivity contribution in [2.24, 2.45) is 0 Å². The minimum absolute atomic E-state index is 0.0200. The summed E-state index contributed by atoms with van der Waals surface area (Å²) in [5.74, 6) is 0.0200. The number of aliphatic hydroxyl groups is 1. The molecule has 2 atom stereocenters. The summed E-state index contributed by atoms with van der Waals surface area (Å²) in [6.45, 7) is 4.39. The maximum atomic E-state index is 12.4. The Balaban J connectivity index is 1.88. The Morgan fingerprint density at radius 2 is 1.73 bits per heavy atom. The number of aliphatic hydroxyl groups excluding tert-OH is 1. The van der Waals surface area contributed by atoms with Gasteiger partial charge >= 0.3 is 0 Å². The molecule has 0 saturated carbocycles. The summed E-state index contributed by atoms with van der Waals surface area (Å²) in [6.07, 6.45) is 1.37. The number of ether oxygens (including phenoxy) is 1. The molecule has 0 aliphatic heterocycles. The average Bonchev–Trinajstić information content (AvgIpc) is 2.62. The topological polar surface area (TPSA) is 58.6 Å². The van der Waals surface area contributed by atoms with E-state index in [0.717, 1.165) is 17.5 Å². The van der Waals surface area contributed by atoms with Gasteiger partial charge in [-0.05, 0) is 37.8 Å². The van der Waals surface area contributed by atoms with Crippen molar-refractivity contribution in [3.05, 3.63) is 71.3 Å². The molecule has 0 aliphatic carbocycles. The van der Waals surface area contributed by atoms with Gasteiger partial charge in [0.1, 0.15) is 0 Å². The van der Waals surface area contributed by atoms with Crippen LogP contribution < -0.4 is 5.32 Å². The van der Waals surface area contributed by atoms with Gasteiger partial charge in [0.15, 0.2) is 0 Å². The summed E-state index contributed by atoms with van der Waals surface area (Å²) < 4.78 is 5.55. The van der Waals surface area contributed by atoms with Gasteiger partial charge in [-0.2, -0.15) is 0 Å². The van der Waals surface area contributed by atoms with Crippen LogP contribution in [0.4, 0.5) is 0 Å². The van der Waals surface area contributed by atoms with Gasteiger partial charge in [0.05, 0.1) is 25.4 Å². The normalized spacial score (nSPS) is 13.2. The number of carbonyl (C=O) groups is 1. The quantitative estimate of drug-likeness (QED) is 0.689. The van der Waals surface area contributed by atoms with Crippen LogP contribution >= 0.6 is 0 Å². The maximum Gasteiger partial charge on any atom is 0.220 e. The molecule has 0 bridgehead atoms. The van der Waals surface area contributed by atoms with Crippen molar-refractivity contribution in [3.8, 4) is 0 Å². The number of aryl methyl sites for hydroxylation is 2.